The summed E-state index contributed by atoms with van der Waals surface area (Å²) in [5.41, 5.74) is 6.38. The molecule has 0 radical (unpaired) electrons. The minimum atomic E-state index is -0.543. The van der Waals surface area contributed by atoms with Crippen molar-refractivity contribution in [3.8, 4) is 0 Å². The number of nitro groups is 1. The lowest BCUT2D eigenvalue weighted by Crippen LogP contribution is -2.16. The third kappa shape index (κ3) is 4.32. The van der Waals surface area contributed by atoms with Gasteiger partial charge in [0.05, 0.1) is 17.2 Å². The molecule has 1 heterocycles. The molecule has 0 unspecified atom stereocenters. The van der Waals surface area contributed by atoms with Crippen molar-refractivity contribution in [3.63, 3.8) is 0 Å². The molecule has 0 saturated heterocycles. The Hall–Kier alpha value is -2.88. The fourth-order valence-electron chi connectivity index (χ4n) is 1.72. The maximum Gasteiger partial charge on any atom is 0.343 e. The van der Waals surface area contributed by atoms with Gasteiger partial charge in [-0.05, 0) is 25.3 Å². The van der Waals surface area contributed by atoms with Crippen LogP contribution in [-0.2, 0) is 4.74 Å². The molecule has 0 aliphatic carbocycles. The van der Waals surface area contributed by atoms with Gasteiger partial charge in [0.2, 0.25) is 0 Å². The number of carbonyl (C=O) groups is 1. The highest BCUT2D eigenvalue weighted by Crippen LogP contribution is 2.19. The van der Waals surface area contributed by atoms with E-state index in [4.69, 9.17) is 4.74 Å². The van der Waals surface area contributed by atoms with E-state index in [9.17, 15) is 14.9 Å². The molecule has 126 valence electrons. The molecule has 1 aromatic carbocycles. The molecule has 9 nitrogen and oxygen atoms in total. The van der Waals surface area contributed by atoms with Crippen LogP contribution < -0.4 is 10.9 Å². The van der Waals surface area contributed by atoms with Crippen LogP contribution in [0.4, 0.5) is 17.2 Å². The second kappa shape index (κ2) is 8.11. The normalized spacial score (nSPS) is 10.1. The minimum absolute atomic E-state index is 0.0144. The number of carbonyl (C=O) groups excluding carboxylic acids is 1. The molecular formula is C14H15N5O4S. The number of anilines is 2. The Labute approximate surface area is 142 Å². The molecule has 0 aliphatic rings. The van der Waals surface area contributed by atoms with Crippen LogP contribution >= 0.6 is 11.8 Å². The zero-order valence-electron chi connectivity index (χ0n) is 13.0. The van der Waals surface area contributed by atoms with Crippen molar-refractivity contribution in [2.45, 2.75) is 12.1 Å². The highest BCUT2D eigenvalue weighted by Gasteiger charge is 2.16. The summed E-state index contributed by atoms with van der Waals surface area (Å²) in [6, 6.07) is 5.80. The van der Waals surface area contributed by atoms with Gasteiger partial charge in [-0.25, -0.2) is 14.8 Å². The number of benzene rings is 1. The molecular weight excluding hydrogens is 334 g/mol. The second-order valence-electron chi connectivity index (χ2n) is 4.39. The van der Waals surface area contributed by atoms with Crippen molar-refractivity contribution in [2.75, 3.05) is 23.7 Å². The fraction of sp³-hybridized carbons (Fsp3) is 0.214. The molecule has 2 rings (SSSR count). The lowest BCUT2D eigenvalue weighted by molar-refractivity contribution is -0.384. The SMILES string of the molecule is CCOC(=O)c1cnc(SC)nc1NNc1ccc([N+](=O)[O-])cc1. The molecule has 0 aliphatic heterocycles. The Morgan fingerprint density at radius 2 is 2.04 bits per heavy atom. The fourth-order valence-corrected chi connectivity index (χ4v) is 2.06. The van der Waals surface area contributed by atoms with Crippen LogP contribution in [0.5, 0.6) is 0 Å². The number of ether oxygens (including phenoxy) is 1. The first kappa shape index (κ1) is 17.5. The number of thioether (sulfide) groups is 1. The molecule has 0 atom stereocenters. The second-order valence-corrected chi connectivity index (χ2v) is 5.17. The Morgan fingerprint density at radius 3 is 2.62 bits per heavy atom. The van der Waals surface area contributed by atoms with E-state index in [2.05, 4.69) is 20.8 Å². The van der Waals surface area contributed by atoms with E-state index in [1.807, 2.05) is 6.26 Å². The number of nitrogens with zero attached hydrogens (tertiary/aromatic N) is 3. The first-order chi connectivity index (χ1) is 11.5. The lowest BCUT2D eigenvalue weighted by Gasteiger charge is -2.12. The number of aromatic nitrogens is 2. The van der Waals surface area contributed by atoms with Crippen LogP contribution in [0.2, 0.25) is 0 Å². The molecule has 0 amide bonds. The third-order valence-corrected chi connectivity index (χ3v) is 3.41. The highest BCUT2D eigenvalue weighted by atomic mass is 32.2. The largest absolute Gasteiger partial charge is 0.462 e. The van der Waals surface area contributed by atoms with Crippen molar-refractivity contribution in [3.05, 3.63) is 46.1 Å². The summed E-state index contributed by atoms with van der Waals surface area (Å²) in [4.78, 5) is 30.4. The van der Waals surface area contributed by atoms with Gasteiger partial charge >= 0.3 is 5.97 Å². The van der Waals surface area contributed by atoms with Gasteiger partial charge in [-0.1, -0.05) is 11.8 Å². The molecule has 0 spiro atoms. The topological polar surface area (TPSA) is 119 Å². The van der Waals surface area contributed by atoms with E-state index < -0.39 is 10.9 Å². The van der Waals surface area contributed by atoms with Crippen molar-refractivity contribution in [2.24, 2.45) is 0 Å². The van der Waals surface area contributed by atoms with Crippen LogP contribution in [0.25, 0.3) is 0 Å². The van der Waals surface area contributed by atoms with Gasteiger partial charge in [0.25, 0.3) is 5.69 Å². The van der Waals surface area contributed by atoms with Crippen molar-refractivity contribution in [1.82, 2.24) is 9.97 Å². The summed E-state index contributed by atoms with van der Waals surface area (Å²) >= 11 is 1.33. The first-order valence-electron chi connectivity index (χ1n) is 6.89. The monoisotopic (exact) mass is 349 g/mol. The number of nitro benzene ring substituents is 1. The molecule has 10 heteroatoms. The van der Waals surface area contributed by atoms with Crippen LogP contribution in [0, 0.1) is 10.1 Å². The van der Waals surface area contributed by atoms with E-state index in [0.29, 0.717) is 10.8 Å². The Bertz CT molecular complexity index is 738. The Balaban J connectivity index is 2.17. The number of nitrogens with one attached hydrogen (secondary N) is 2. The summed E-state index contributed by atoms with van der Waals surface area (Å²) in [6.45, 7) is 1.94. The van der Waals surface area contributed by atoms with Gasteiger partial charge in [-0.2, -0.15) is 0 Å². The minimum Gasteiger partial charge on any atom is -0.462 e. The molecule has 2 aromatic rings. The molecule has 1 aromatic heterocycles. The number of hydrogen-bond donors (Lipinski definition) is 2. The number of non-ortho nitro benzene ring substituents is 1. The van der Waals surface area contributed by atoms with Gasteiger partial charge in [-0.15, -0.1) is 0 Å². The maximum atomic E-state index is 11.9. The van der Waals surface area contributed by atoms with Crippen molar-refractivity contribution >= 4 is 34.9 Å². The van der Waals surface area contributed by atoms with Crippen molar-refractivity contribution < 1.29 is 14.5 Å². The summed E-state index contributed by atoms with van der Waals surface area (Å²) < 4.78 is 4.97. The molecule has 0 saturated carbocycles. The third-order valence-electron chi connectivity index (χ3n) is 2.85. The lowest BCUT2D eigenvalue weighted by atomic mass is 10.3. The van der Waals surface area contributed by atoms with Gasteiger partial charge in [-0.3, -0.25) is 21.0 Å². The van der Waals surface area contributed by atoms with Crippen LogP contribution in [0.15, 0.2) is 35.6 Å². The molecule has 0 bridgehead atoms. The quantitative estimate of drug-likeness (QED) is 0.255. The van der Waals surface area contributed by atoms with Crippen molar-refractivity contribution in [1.29, 1.82) is 0 Å². The summed E-state index contributed by atoms with van der Waals surface area (Å²) in [7, 11) is 0. The van der Waals surface area contributed by atoms with E-state index in [1.54, 1.807) is 6.92 Å². The maximum absolute atomic E-state index is 11.9. The zero-order chi connectivity index (χ0) is 17.5. The predicted octanol–water partition coefficient (Wildman–Crippen LogP) is 2.72. The average Bonchev–Trinajstić information content (AvgIpc) is 2.60. The van der Waals surface area contributed by atoms with Gasteiger partial charge in [0.1, 0.15) is 5.56 Å². The van der Waals surface area contributed by atoms with Gasteiger partial charge in [0, 0.05) is 18.3 Å². The summed E-state index contributed by atoms with van der Waals surface area (Å²) in [5.74, 6) is -0.288. The number of hydrogen-bond acceptors (Lipinski definition) is 9. The highest BCUT2D eigenvalue weighted by molar-refractivity contribution is 7.98. The molecule has 0 fully saturated rings. The Kier molecular flexibility index (Phi) is 5.90. The molecule has 24 heavy (non-hydrogen) atoms. The van der Waals surface area contributed by atoms with E-state index in [1.165, 1.54) is 42.2 Å². The van der Waals surface area contributed by atoms with E-state index in [-0.39, 0.29) is 23.7 Å². The van der Waals surface area contributed by atoms with E-state index >= 15 is 0 Å². The zero-order valence-corrected chi connectivity index (χ0v) is 13.8. The number of rotatable bonds is 7. The van der Waals surface area contributed by atoms with Gasteiger partial charge < -0.3 is 4.74 Å². The van der Waals surface area contributed by atoms with Crippen LogP contribution in [0.1, 0.15) is 17.3 Å². The van der Waals surface area contributed by atoms with Crippen LogP contribution in [-0.4, -0.2) is 33.7 Å². The standard InChI is InChI=1S/C14H15N5O4S/c1-3-23-13(20)11-8-15-14(24-2)16-12(11)18-17-9-4-6-10(7-5-9)19(21)22/h4-8,17H,3H2,1-2H3,(H,15,16,18). The van der Waals surface area contributed by atoms with Gasteiger partial charge in [0.15, 0.2) is 11.0 Å². The van der Waals surface area contributed by atoms with Crippen LogP contribution in [0.3, 0.4) is 0 Å². The predicted molar refractivity (Wildman–Crippen MR) is 90.1 cm³/mol. The molecule has 2 N–H and O–H groups in total. The average molecular weight is 349 g/mol. The first-order valence-corrected chi connectivity index (χ1v) is 8.12. The summed E-state index contributed by atoms with van der Waals surface area (Å²) in [5, 5.41) is 11.1. The summed E-state index contributed by atoms with van der Waals surface area (Å²) in [6.07, 6.45) is 3.20. The smallest absolute Gasteiger partial charge is 0.343 e. The van der Waals surface area contributed by atoms with E-state index in [0.717, 1.165) is 0 Å². The number of esters is 1. The Morgan fingerprint density at radius 1 is 1.33 bits per heavy atom. The number of hydrazine groups is 1.